The molecule has 0 aliphatic heterocycles. The number of aryl methyl sites for hydroxylation is 1. The Bertz CT molecular complexity index is 596. The zero-order chi connectivity index (χ0) is 15.5. The number of halogens is 1. The van der Waals surface area contributed by atoms with Crippen molar-refractivity contribution >= 4 is 25.6 Å². The van der Waals surface area contributed by atoms with E-state index in [1.54, 1.807) is 6.92 Å². The summed E-state index contributed by atoms with van der Waals surface area (Å²) in [6.45, 7) is 7.80. The fourth-order valence-corrected chi connectivity index (χ4v) is 2.86. The summed E-state index contributed by atoms with van der Waals surface area (Å²) in [5.74, 6) is 0.147. The Morgan fingerprint density at radius 1 is 1.35 bits per heavy atom. The van der Waals surface area contributed by atoms with E-state index in [4.69, 9.17) is 10.7 Å². The predicted octanol–water partition coefficient (Wildman–Crippen LogP) is 3.09. The fraction of sp³-hybridized carbons (Fsp3) is 0.500. The van der Waals surface area contributed by atoms with Gasteiger partial charge in [-0.05, 0) is 43.0 Å². The van der Waals surface area contributed by atoms with Gasteiger partial charge in [0.15, 0.2) is 0 Å². The predicted molar refractivity (Wildman–Crippen MR) is 80.6 cm³/mol. The Kier molecular flexibility index (Phi) is 5.59. The molecule has 4 nitrogen and oxygen atoms in total. The highest BCUT2D eigenvalue weighted by atomic mass is 35.7. The molecule has 0 saturated carbocycles. The molecule has 1 rings (SSSR count). The van der Waals surface area contributed by atoms with Crippen LogP contribution in [0.15, 0.2) is 23.1 Å². The van der Waals surface area contributed by atoms with Crippen LogP contribution in [0.4, 0.5) is 0 Å². The normalized spacial score (nSPS) is 13.3. The molecule has 0 bridgehead atoms. The second-order valence-electron chi connectivity index (χ2n) is 5.15. The highest BCUT2D eigenvalue weighted by Crippen LogP contribution is 2.19. The number of hydrogen-bond donors (Lipinski definition) is 1. The lowest BCUT2D eigenvalue weighted by Gasteiger charge is -2.21. The molecule has 1 atom stereocenters. The van der Waals surface area contributed by atoms with Gasteiger partial charge in [-0.1, -0.05) is 20.8 Å². The Balaban J connectivity index is 3.01. The third-order valence-electron chi connectivity index (χ3n) is 3.29. The van der Waals surface area contributed by atoms with Gasteiger partial charge in [-0.15, -0.1) is 0 Å². The summed E-state index contributed by atoms with van der Waals surface area (Å²) in [7, 11) is 1.51. The summed E-state index contributed by atoms with van der Waals surface area (Å²) in [4.78, 5) is 12.2. The minimum atomic E-state index is -3.77. The molecule has 0 aromatic heterocycles. The SMILES string of the molecule is CCC(NC(=O)c1ccc(S(=O)(=O)Cl)cc1C)C(C)C. The maximum atomic E-state index is 12.2. The molecule has 0 saturated heterocycles. The Morgan fingerprint density at radius 3 is 2.35 bits per heavy atom. The first-order valence-corrected chi connectivity index (χ1v) is 8.84. The molecule has 0 spiro atoms. The third kappa shape index (κ3) is 4.21. The summed E-state index contributed by atoms with van der Waals surface area (Å²) >= 11 is 0. The van der Waals surface area contributed by atoms with Crippen molar-refractivity contribution in [3.05, 3.63) is 29.3 Å². The monoisotopic (exact) mass is 317 g/mol. The number of carbonyl (C=O) groups excluding carboxylic acids is 1. The minimum Gasteiger partial charge on any atom is -0.349 e. The van der Waals surface area contributed by atoms with Gasteiger partial charge in [-0.2, -0.15) is 0 Å². The van der Waals surface area contributed by atoms with E-state index >= 15 is 0 Å². The van der Waals surface area contributed by atoms with Crippen LogP contribution >= 0.6 is 10.7 Å². The maximum absolute atomic E-state index is 12.2. The van der Waals surface area contributed by atoms with E-state index in [0.29, 0.717) is 17.0 Å². The molecule has 0 heterocycles. The summed E-state index contributed by atoms with van der Waals surface area (Å²) in [6, 6.07) is 4.35. The topological polar surface area (TPSA) is 63.2 Å². The fourth-order valence-electron chi connectivity index (χ4n) is 2.03. The average molecular weight is 318 g/mol. The largest absolute Gasteiger partial charge is 0.349 e. The van der Waals surface area contributed by atoms with Crippen LogP contribution in [-0.4, -0.2) is 20.4 Å². The molecule has 1 unspecified atom stereocenters. The van der Waals surface area contributed by atoms with Crippen LogP contribution < -0.4 is 5.32 Å². The van der Waals surface area contributed by atoms with Gasteiger partial charge >= 0.3 is 0 Å². The van der Waals surface area contributed by atoms with Gasteiger partial charge in [0.05, 0.1) is 4.90 Å². The van der Waals surface area contributed by atoms with Crippen molar-refractivity contribution in [3.8, 4) is 0 Å². The Labute approximate surface area is 124 Å². The van der Waals surface area contributed by atoms with Gasteiger partial charge in [-0.3, -0.25) is 4.79 Å². The molecule has 0 aliphatic rings. The smallest absolute Gasteiger partial charge is 0.261 e. The second-order valence-corrected chi connectivity index (χ2v) is 7.71. The van der Waals surface area contributed by atoms with Crippen molar-refractivity contribution in [3.63, 3.8) is 0 Å². The zero-order valence-electron chi connectivity index (χ0n) is 12.1. The summed E-state index contributed by atoms with van der Waals surface area (Å²) in [6.07, 6.45) is 0.844. The molecule has 6 heteroatoms. The molecule has 1 aromatic carbocycles. The van der Waals surface area contributed by atoms with Gasteiger partial charge in [-0.25, -0.2) is 8.42 Å². The highest BCUT2D eigenvalue weighted by Gasteiger charge is 2.18. The maximum Gasteiger partial charge on any atom is 0.261 e. The van der Waals surface area contributed by atoms with Crippen LogP contribution in [0.3, 0.4) is 0 Å². The van der Waals surface area contributed by atoms with Crippen LogP contribution in [0, 0.1) is 12.8 Å². The van der Waals surface area contributed by atoms with Gasteiger partial charge in [0.2, 0.25) is 0 Å². The van der Waals surface area contributed by atoms with Crippen molar-refractivity contribution < 1.29 is 13.2 Å². The first-order valence-electron chi connectivity index (χ1n) is 6.53. The second kappa shape index (κ2) is 6.59. The lowest BCUT2D eigenvalue weighted by atomic mass is 10.0. The summed E-state index contributed by atoms with van der Waals surface area (Å²) < 4.78 is 22.5. The number of nitrogens with one attached hydrogen (secondary N) is 1. The van der Waals surface area contributed by atoms with E-state index in [-0.39, 0.29) is 16.8 Å². The molecular formula is C14H20ClNO3S. The minimum absolute atomic E-state index is 0.00381. The Hall–Kier alpha value is -1.07. The number of rotatable bonds is 5. The third-order valence-corrected chi connectivity index (χ3v) is 4.64. The van der Waals surface area contributed by atoms with Crippen molar-refractivity contribution in [2.24, 2.45) is 5.92 Å². The molecule has 1 N–H and O–H groups in total. The highest BCUT2D eigenvalue weighted by molar-refractivity contribution is 8.13. The van der Waals surface area contributed by atoms with Crippen molar-refractivity contribution in [2.75, 3.05) is 0 Å². The number of amides is 1. The molecule has 0 aliphatic carbocycles. The van der Waals surface area contributed by atoms with Crippen LogP contribution in [0.2, 0.25) is 0 Å². The van der Waals surface area contributed by atoms with Gasteiger partial charge in [0, 0.05) is 22.3 Å². The molecule has 112 valence electrons. The van der Waals surface area contributed by atoms with Crippen LogP contribution in [0.5, 0.6) is 0 Å². The number of carbonyl (C=O) groups is 1. The van der Waals surface area contributed by atoms with E-state index in [0.717, 1.165) is 6.42 Å². The van der Waals surface area contributed by atoms with Crippen molar-refractivity contribution in [1.82, 2.24) is 5.32 Å². The first kappa shape index (κ1) is 17.0. The van der Waals surface area contributed by atoms with E-state index in [1.165, 1.54) is 18.2 Å². The van der Waals surface area contributed by atoms with E-state index in [2.05, 4.69) is 5.32 Å². The van der Waals surface area contributed by atoms with E-state index < -0.39 is 9.05 Å². The quantitative estimate of drug-likeness (QED) is 0.849. The van der Waals surface area contributed by atoms with Crippen molar-refractivity contribution in [2.45, 2.75) is 45.1 Å². The van der Waals surface area contributed by atoms with Crippen molar-refractivity contribution in [1.29, 1.82) is 0 Å². The molecular weight excluding hydrogens is 298 g/mol. The Morgan fingerprint density at radius 2 is 1.95 bits per heavy atom. The standard InChI is InChI=1S/C14H20ClNO3S/c1-5-13(9(2)3)16-14(17)12-7-6-11(8-10(12)4)20(15,18)19/h6-9,13H,5H2,1-4H3,(H,16,17). The lowest BCUT2D eigenvalue weighted by Crippen LogP contribution is -2.38. The average Bonchev–Trinajstić information content (AvgIpc) is 2.33. The van der Waals surface area contributed by atoms with E-state index in [9.17, 15) is 13.2 Å². The lowest BCUT2D eigenvalue weighted by molar-refractivity contribution is 0.0924. The molecule has 20 heavy (non-hydrogen) atoms. The molecule has 1 amide bonds. The van der Waals surface area contributed by atoms with Crippen LogP contribution in [0.25, 0.3) is 0 Å². The van der Waals surface area contributed by atoms with Gasteiger partial charge < -0.3 is 5.32 Å². The summed E-state index contributed by atoms with van der Waals surface area (Å²) in [5, 5.41) is 2.96. The number of hydrogen-bond acceptors (Lipinski definition) is 3. The molecule has 1 aromatic rings. The molecule has 0 fully saturated rings. The van der Waals surface area contributed by atoms with Crippen LogP contribution in [-0.2, 0) is 9.05 Å². The zero-order valence-corrected chi connectivity index (χ0v) is 13.7. The first-order chi connectivity index (χ1) is 9.16. The number of benzene rings is 1. The van der Waals surface area contributed by atoms with Crippen LogP contribution in [0.1, 0.15) is 43.1 Å². The van der Waals surface area contributed by atoms with Gasteiger partial charge in [0.25, 0.3) is 15.0 Å². The summed E-state index contributed by atoms with van der Waals surface area (Å²) in [5.41, 5.74) is 1.05. The van der Waals surface area contributed by atoms with E-state index in [1.807, 2.05) is 20.8 Å². The van der Waals surface area contributed by atoms with Gasteiger partial charge in [0.1, 0.15) is 0 Å². The molecule has 0 radical (unpaired) electrons.